The van der Waals surface area contributed by atoms with Crippen LogP contribution in [0.1, 0.15) is 110 Å². The highest BCUT2D eigenvalue weighted by Gasteiger charge is 2.42. The lowest BCUT2D eigenvalue weighted by atomic mass is 9.97. The summed E-state index contributed by atoms with van der Waals surface area (Å²) in [4.78, 5) is 90.1. The Morgan fingerprint density at radius 1 is 0.667 bits per heavy atom. The molecule has 4 amide bonds. The van der Waals surface area contributed by atoms with E-state index in [0.717, 1.165) is 44.4 Å². The van der Waals surface area contributed by atoms with Gasteiger partial charge in [0.15, 0.2) is 11.6 Å². The number of anilines is 1. The third-order valence-corrected chi connectivity index (χ3v) is 11.1. The van der Waals surface area contributed by atoms with E-state index in [-0.39, 0.29) is 46.1 Å². The first kappa shape index (κ1) is 32.5. The number of hydrogen-bond donors (Lipinski definition) is 0. The number of amides is 4. The third-order valence-electron chi connectivity index (χ3n) is 10.0. The van der Waals surface area contributed by atoms with Crippen LogP contribution in [0.15, 0.2) is 83.8 Å². The predicted molar refractivity (Wildman–Crippen MR) is 193 cm³/mol. The molecule has 252 valence electrons. The summed E-state index contributed by atoms with van der Waals surface area (Å²) in [6, 6.07) is 21.8. The zero-order valence-electron chi connectivity index (χ0n) is 28.1. The monoisotopic (exact) mass is 693 g/mol. The zero-order chi connectivity index (χ0) is 35.7. The summed E-state index contributed by atoms with van der Waals surface area (Å²) >= 11 is 1.64. The van der Waals surface area contributed by atoms with Gasteiger partial charge in [0, 0.05) is 21.4 Å². The fraction of sp³-hybridized carbons (Fsp3) is 0.195. The van der Waals surface area contributed by atoms with Crippen molar-refractivity contribution in [1.29, 1.82) is 0 Å². The number of imide groups is 2. The first-order valence-electron chi connectivity index (χ1n) is 16.8. The third kappa shape index (κ3) is 5.04. The minimum atomic E-state index is -1.21. The summed E-state index contributed by atoms with van der Waals surface area (Å²) in [7, 11) is 0. The Hall–Kier alpha value is -5.74. The molecule has 0 saturated heterocycles. The van der Waals surface area contributed by atoms with Gasteiger partial charge in [-0.2, -0.15) is 0 Å². The molecule has 51 heavy (non-hydrogen) atoms. The Bertz CT molecular complexity index is 2360. The van der Waals surface area contributed by atoms with Crippen LogP contribution < -0.4 is 4.90 Å². The first-order valence-corrected chi connectivity index (χ1v) is 17.8. The lowest BCUT2D eigenvalue weighted by Gasteiger charge is -2.21. The van der Waals surface area contributed by atoms with E-state index in [1.54, 1.807) is 84.6 Å². The molecule has 10 heteroatoms. The number of ketones is 2. The second-order valence-electron chi connectivity index (χ2n) is 13.1. The molecule has 3 heterocycles. The molecule has 1 aromatic heterocycles. The van der Waals surface area contributed by atoms with E-state index < -0.39 is 29.5 Å². The van der Waals surface area contributed by atoms with Gasteiger partial charge in [-0.3, -0.25) is 33.7 Å². The number of carbonyl (C=O) groups excluding carboxylic acids is 6. The van der Waals surface area contributed by atoms with E-state index in [2.05, 4.69) is 6.92 Å². The van der Waals surface area contributed by atoms with Crippen molar-refractivity contribution in [2.45, 2.75) is 51.0 Å². The maximum Gasteiger partial charge on any atom is 0.266 e. The van der Waals surface area contributed by atoms with Crippen LogP contribution in [-0.2, 0) is 6.54 Å². The SMILES string of the molecule is CCCCSc1ccc2c(c1)C(=O)C(c1ccc3c(CN4C(=O)c5ccccc5C4=O)ccc(N4C(=O)c5cc(C)c(C)cc5C4=O)c3n1)C2=O. The van der Waals surface area contributed by atoms with Crippen LogP contribution in [-0.4, -0.2) is 50.8 Å². The standard InChI is InChI=1S/C41H31N3O6S/c1-4-5-16-51-24-11-12-26-29(19-24)37(46)34(36(26)45)32-14-13-25-23(20-43-38(47)27-8-6-7-9-28(27)39(43)48)10-15-33(35(25)42-32)44-40(49)30-17-21(2)22(3)18-31(30)41(44)50/h6-15,17-19,34H,4-5,16,20H2,1-3H3. The molecule has 0 radical (unpaired) electrons. The highest BCUT2D eigenvalue weighted by Crippen LogP contribution is 2.40. The molecule has 0 N–H and O–H groups in total. The molecule has 0 saturated carbocycles. The van der Waals surface area contributed by atoms with E-state index in [4.69, 9.17) is 4.98 Å². The molecule has 0 bridgehead atoms. The Kier molecular flexibility index (Phi) is 7.79. The number of rotatable bonds is 8. The Morgan fingerprint density at radius 3 is 1.96 bits per heavy atom. The molecule has 1 atom stereocenters. The Morgan fingerprint density at radius 2 is 1.31 bits per heavy atom. The van der Waals surface area contributed by atoms with Gasteiger partial charge in [-0.15, -0.1) is 11.8 Å². The lowest BCUT2D eigenvalue weighted by molar-refractivity contribution is 0.0641. The number of aromatic nitrogens is 1. The van der Waals surface area contributed by atoms with E-state index in [1.807, 2.05) is 19.9 Å². The highest BCUT2D eigenvalue weighted by atomic mass is 32.2. The van der Waals surface area contributed by atoms with Gasteiger partial charge in [0.1, 0.15) is 5.92 Å². The lowest BCUT2D eigenvalue weighted by Crippen LogP contribution is -2.31. The van der Waals surface area contributed by atoms with Gasteiger partial charge < -0.3 is 0 Å². The number of fused-ring (bicyclic) bond motifs is 4. The van der Waals surface area contributed by atoms with Crippen molar-refractivity contribution in [3.05, 3.63) is 135 Å². The maximum absolute atomic E-state index is 13.9. The molecule has 0 spiro atoms. The van der Waals surface area contributed by atoms with Crippen LogP contribution in [0.25, 0.3) is 10.9 Å². The molecular weight excluding hydrogens is 663 g/mol. The summed E-state index contributed by atoms with van der Waals surface area (Å²) in [5.74, 6) is -2.96. The van der Waals surface area contributed by atoms with Crippen molar-refractivity contribution in [3.8, 4) is 0 Å². The van der Waals surface area contributed by atoms with Crippen molar-refractivity contribution < 1.29 is 28.8 Å². The molecule has 9 nitrogen and oxygen atoms in total. The van der Waals surface area contributed by atoms with Crippen LogP contribution in [0.2, 0.25) is 0 Å². The molecule has 8 rings (SSSR count). The molecule has 4 aromatic carbocycles. The van der Waals surface area contributed by atoms with Crippen molar-refractivity contribution in [2.75, 3.05) is 10.7 Å². The van der Waals surface area contributed by atoms with E-state index >= 15 is 0 Å². The number of aryl methyl sites for hydroxylation is 2. The average molecular weight is 694 g/mol. The van der Waals surface area contributed by atoms with Crippen LogP contribution in [0, 0.1) is 13.8 Å². The van der Waals surface area contributed by atoms with Gasteiger partial charge in [-0.25, -0.2) is 9.88 Å². The van der Waals surface area contributed by atoms with E-state index in [9.17, 15) is 28.8 Å². The van der Waals surface area contributed by atoms with Crippen LogP contribution >= 0.6 is 11.8 Å². The number of Topliss-reactive ketones (excluding diaryl/α,β-unsaturated/α-hetero) is 2. The molecule has 2 aliphatic heterocycles. The summed E-state index contributed by atoms with van der Waals surface area (Å²) in [6.07, 6.45) is 2.08. The smallest absolute Gasteiger partial charge is 0.266 e. The zero-order valence-corrected chi connectivity index (χ0v) is 28.9. The molecular formula is C41H31N3O6S. The van der Waals surface area contributed by atoms with Gasteiger partial charge >= 0.3 is 0 Å². The molecule has 5 aromatic rings. The summed E-state index contributed by atoms with van der Waals surface area (Å²) in [5.41, 5.74) is 4.64. The van der Waals surface area contributed by atoms with Gasteiger partial charge in [-0.05, 0) is 97.3 Å². The van der Waals surface area contributed by atoms with Gasteiger partial charge in [0.2, 0.25) is 0 Å². The molecule has 3 aliphatic rings. The minimum Gasteiger partial charge on any atom is -0.293 e. The quantitative estimate of drug-likeness (QED) is 0.0709. The van der Waals surface area contributed by atoms with Crippen LogP contribution in [0.3, 0.4) is 0 Å². The van der Waals surface area contributed by atoms with Gasteiger partial charge in [0.25, 0.3) is 23.6 Å². The number of unbranched alkanes of at least 4 members (excludes halogenated alkanes) is 1. The second-order valence-corrected chi connectivity index (χ2v) is 14.3. The van der Waals surface area contributed by atoms with Crippen molar-refractivity contribution in [3.63, 3.8) is 0 Å². The highest BCUT2D eigenvalue weighted by molar-refractivity contribution is 7.99. The normalized spacial score (nSPS) is 16.5. The fourth-order valence-corrected chi connectivity index (χ4v) is 8.13. The van der Waals surface area contributed by atoms with Gasteiger partial charge in [-0.1, -0.05) is 37.6 Å². The van der Waals surface area contributed by atoms with Crippen molar-refractivity contribution in [1.82, 2.24) is 9.88 Å². The second kappa shape index (κ2) is 12.2. The Labute approximate surface area is 297 Å². The molecule has 1 aliphatic carbocycles. The Balaban J connectivity index is 1.23. The largest absolute Gasteiger partial charge is 0.293 e. The van der Waals surface area contributed by atoms with E-state index in [1.165, 1.54) is 0 Å². The van der Waals surface area contributed by atoms with Gasteiger partial charge in [0.05, 0.1) is 45.7 Å². The molecule has 0 fully saturated rings. The summed E-state index contributed by atoms with van der Waals surface area (Å²) in [5, 5.41) is 0.460. The van der Waals surface area contributed by atoms with Crippen LogP contribution in [0.4, 0.5) is 5.69 Å². The minimum absolute atomic E-state index is 0.101. The first-order chi connectivity index (χ1) is 24.6. The van der Waals surface area contributed by atoms with E-state index in [0.29, 0.717) is 33.2 Å². The van der Waals surface area contributed by atoms with Crippen molar-refractivity contribution in [2.24, 2.45) is 0 Å². The number of hydrogen-bond acceptors (Lipinski definition) is 8. The topological polar surface area (TPSA) is 122 Å². The number of benzene rings is 4. The average Bonchev–Trinajstić information content (AvgIpc) is 3.63. The number of carbonyl (C=O) groups is 6. The fourth-order valence-electron chi connectivity index (χ4n) is 7.10. The summed E-state index contributed by atoms with van der Waals surface area (Å²) < 4.78 is 0. The number of pyridine rings is 1. The predicted octanol–water partition coefficient (Wildman–Crippen LogP) is 7.50. The number of nitrogens with zero attached hydrogens (tertiary/aromatic N) is 3. The number of thioether (sulfide) groups is 1. The molecule has 1 unspecified atom stereocenters. The van der Waals surface area contributed by atoms with Crippen molar-refractivity contribution >= 4 is 63.5 Å². The maximum atomic E-state index is 13.9. The van der Waals surface area contributed by atoms with Crippen LogP contribution in [0.5, 0.6) is 0 Å². The summed E-state index contributed by atoms with van der Waals surface area (Å²) in [6.45, 7) is 5.75.